The maximum atomic E-state index is 13.4. The van der Waals surface area contributed by atoms with Crippen molar-refractivity contribution in [2.24, 2.45) is 0 Å². The van der Waals surface area contributed by atoms with Gasteiger partial charge >= 0.3 is 0 Å². The van der Waals surface area contributed by atoms with Gasteiger partial charge in [-0.25, -0.2) is 4.39 Å². The Kier molecular flexibility index (Phi) is 1.92. The Morgan fingerprint density at radius 2 is 2.15 bits per heavy atom. The molecule has 1 heterocycles. The smallest absolute Gasteiger partial charge is 0.157 e. The number of halogens is 2. The number of anilines is 1. The Morgan fingerprint density at radius 1 is 1.38 bits per heavy atom. The molecule has 0 spiro atoms. The number of fused-ring (bicyclic) bond motifs is 1. The second kappa shape index (κ2) is 2.96. The lowest BCUT2D eigenvalue weighted by Gasteiger charge is -2.01. The second-order valence-electron chi connectivity index (χ2n) is 2.69. The molecule has 0 saturated heterocycles. The fourth-order valence-electron chi connectivity index (χ4n) is 1.15. The van der Waals surface area contributed by atoms with Crippen LogP contribution in [0.2, 0.25) is 0 Å². The molecule has 0 radical (unpaired) electrons. The number of nitrogens with zero attached hydrogens (tertiary/aromatic N) is 1. The average Bonchev–Trinajstić information content (AvgIpc) is 2.12. The molecule has 1 aromatic heterocycles. The minimum atomic E-state index is -0.411. The van der Waals surface area contributed by atoms with Crippen LogP contribution in [0.5, 0.6) is 0 Å². The molecule has 2 aromatic rings. The molecule has 0 aliphatic rings. The van der Waals surface area contributed by atoms with E-state index in [1.807, 2.05) is 6.07 Å². The van der Waals surface area contributed by atoms with Gasteiger partial charge in [-0.2, -0.15) is 0 Å². The molecule has 2 nitrogen and oxygen atoms in total. The van der Waals surface area contributed by atoms with Gasteiger partial charge in [-0.3, -0.25) is 4.98 Å². The summed E-state index contributed by atoms with van der Waals surface area (Å²) in [5.41, 5.74) is 6.06. The number of benzene rings is 1. The molecule has 2 N–H and O–H groups in total. The van der Waals surface area contributed by atoms with Crippen LogP contribution in [0.1, 0.15) is 0 Å². The Hall–Kier alpha value is -1.16. The summed E-state index contributed by atoms with van der Waals surface area (Å²) in [4.78, 5) is 4.00. The molecule has 0 aliphatic carbocycles. The number of rotatable bonds is 0. The zero-order valence-corrected chi connectivity index (χ0v) is 8.18. The third-order valence-corrected chi connectivity index (χ3v) is 2.28. The van der Waals surface area contributed by atoms with E-state index in [0.29, 0.717) is 10.9 Å². The number of aromatic nitrogens is 1. The number of nitrogen functional groups attached to an aromatic ring is 1. The minimum absolute atomic E-state index is 0.0746. The minimum Gasteiger partial charge on any atom is -0.395 e. The number of hydrogen-bond acceptors (Lipinski definition) is 2. The van der Waals surface area contributed by atoms with E-state index in [9.17, 15) is 4.39 Å². The second-order valence-corrected chi connectivity index (χ2v) is 3.60. The molecule has 1 aromatic carbocycles. The highest BCUT2D eigenvalue weighted by atomic mass is 79.9. The topological polar surface area (TPSA) is 38.9 Å². The summed E-state index contributed by atoms with van der Waals surface area (Å²) in [5.74, 6) is -0.411. The largest absolute Gasteiger partial charge is 0.395 e. The summed E-state index contributed by atoms with van der Waals surface area (Å²) >= 11 is 3.26. The molecule has 0 bridgehead atoms. The van der Waals surface area contributed by atoms with Crippen LogP contribution in [0.4, 0.5) is 10.1 Å². The predicted molar refractivity (Wildman–Crippen MR) is 53.8 cm³/mol. The van der Waals surface area contributed by atoms with E-state index >= 15 is 0 Å². The lowest BCUT2D eigenvalue weighted by atomic mass is 10.2. The Morgan fingerprint density at radius 3 is 2.92 bits per heavy atom. The summed E-state index contributed by atoms with van der Waals surface area (Å²) in [6.07, 6.45) is 1.32. The summed E-state index contributed by atoms with van der Waals surface area (Å²) in [6, 6.07) is 5.21. The molecule has 4 heteroatoms. The van der Waals surface area contributed by atoms with E-state index in [1.54, 1.807) is 12.1 Å². The van der Waals surface area contributed by atoms with Crippen LogP contribution in [0.25, 0.3) is 10.9 Å². The first-order valence-corrected chi connectivity index (χ1v) is 4.47. The van der Waals surface area contributed by atoms with Gasteiger partial charge in [0, 0.05) is 9.86 Å². The molecule has 0 amide bonds. The molecule has 66 valence electrons. The number of nitrogens with two attached hydrogens (primary N) is 1. The van der Waals surface area contributed by atoms with Crippen molar-refractivity contribution in [3.8, 4) is 0 Å². The van der Waals surface area contributed by atoms with Crippen molar-refractivity contribution >= 4 is 32.5 Å². The highest BCUT2D eigenvalue weighted by Crippen LogP contribution is 2.23. The highest BCUT2D eigenvalue weighted by Gasteiger charge is 2.05. The summed E-state index contributed by atoms with van der Waals surface area (Å²) < 4.78 is 14.2. The molecular formula is C9H6BrFN2. The van der Waals surface area contributed by atoms with E-state index < -0.39 is 5.82 Å². The van der Waals surface area contributed by atoms with Crippen molar-refractivity contribution in [2.45, 2.75) is 0 Å². The van der Waals surface area contributed by atoms with Crippen LogP contribution in [-0.2, 0) is 0 Å². The molecule has 13 heavy (non-hydrogen) atoms. The van der Waals surface area contributed by atoms with Gasteiger partial charge in [0.25, 0.3) is 0 Å². The van der Waals surface area contributed by atoms with Crippen LogP contribution in [0.15, 0.2) is 28.9 Å². The summed E-state index contributed by atoms with van der Waals surface area (Å²) in [6.45, 7) is 0. The molecule has 0 saturated carbocycles. The maximum absolute atomic E-state index is 13.4. The third kappa shape index (κ3) is 1.37. The molecule has 0 fully saturated rings. The first-order valence-electron chi connectivity index (χ1n) is 3.68. The number of pyridine rings is 1. The maximum Gasteiger partial charge on any atom is 0.157 e. The Balaban J connectivity index is 2.89. The molecule has 2 rings (SSSR count). The van der Waals surface area contributed by atoms with E-state index in [1.165, 1.54) is 6.20 Å². The third-order valence-electron chi connectivity index (χ3n) is 1.79. The van der Waals surface area contributed by atoms with Gasteiger partial charge in [0.1, 0.15) is 0 Å². The van der Waals surface area contributed by atoms with Crippen molar-refractivity contribution in [1.82, 2.24) is 4.98 Å². The van der Waals surface area contributed by atoms with Crippen LogP contribution in [0, 0.1) is 5.82 Å². The molecule has 0 unspecified atom stereocenters. The van der Waals surface area contributed by atoms with E-state index in [-0.39, 0.29) is 5.69 Å². The summed E-state index contributed by atoms with van der Waals surface area (Å²) in [5, 5.41) is 0.439. The fraction of sp³-hybridized carbons (Fsp3) is 0. The van der Waals surface area contributed by atoms with Crippen LogP contribution >= 0.6 is 15.9 Å². The monoisotopic (exact) mass is 240 g/mol. The predicted octanol–water partition coefficient (Wildman–Crippen LogP) is 2.72. The van der Waals surface area contributed by atoms with Crippen molar-refractivity contribution in [2.75, 3.05) is 5.73 Å². The van der Waals surface area contributed by atoms with Gasteiger partial charge in [0.15, 0.2) is 5.82 Å². The molecule has 0 aliphatic heterocycles. The lowest BCUT2D eigenvalue weighted by Crippen LogP contribution is -1.93. The van der Waals surface area contributed by atoms with E-state index in [4.69, 9.17) is 5.73 Å². The first kappa shape index (κ1) is 8.44. The van der Waals surface area contributed by atoms with Gasteiger partial charge in [-0.15, -0.1) is 0 Å². The van der Waals surface area contributed by atoms with E-state index in [0.717, 1.165) is 4.47 Å². The van der Waals surface area contributed by atoms with E-state index in [2.05, 4.69) is 20.9 Å². The molecule has 0 atom stereocenters. The van der Waals surface area contributed by atoms with Crippen molar-refractivity contribution in [3.63, 3.8) is 0 Å². The zero-order chi connectivity index (χ0) is 9.42. The zero-order valence-electron chi connectivity index (χ0n) is 6.59. The SMILES string of the molecule is Nc1cnc2ccc(Br)cc2c1F. The first-order chi connectivity index (χ1) is 6.18. The van der Waals surface area contributed by atoms with Gasteiger partial charge in [-0.05, 0) is 18.2 Å². The Labute approximate surface area is 82.7 Å². The fourth-order valence-corrected chi connectivity index (χ4v) is 1.51. The van der Waals surface area contributed by atoms with Gasteiger partial charge < -0.3 is 5.73 Å². The van der Waals surface area contributed by atoms with Gasteiger partial charge in [-0.1, -0.05) is 15.9 Å². The van der Waals surface area contributed by atoms with Crippen molar-refractivity contribution < 1.29 is 4.39 Å². The summed E-state index contributed by atoms with van der Waals surface area (Å²) in [7, 11) is 0. The van der Waals surface area contributed by atoms with Crippen molar-refractivity contribution in [3.05, 3.63) is 34.7 Å². The van der Waals surface area contributed by atoms with Crippen LogP contribution in [0.3, 0.4) is 0 Å². The standard InChI is InChI=1S/C9H6BrFN2/c10-5-1-2-8-6(3-5)9(11)7(12)4-13-8/h1-4H,12H2. The van der Waals surface area contributed by atoms with Crippen molar-refractivity contribution in [1.29, 1.82) is 0 Å². The molecular weight excluding hydrogens is 235 g/mol. The van der Waals surface area contributed by atoms with Crippen LogP contribution < -0.4 is 5.73 Å². The normalized spacial score (nSPS) is 10.6. The van der Waals surface area contributed by atoms with Gasteiger partial charge in [0.2, 0.25) is 0 Å². The average molecular weight is 241 g/mol. The van der Waals surface area contributed by atoms with Gasteiger partial charge in [0.05, 0.1) is 17.4 Å². The van der Waals surface area contributed by atoms with Crippen LogP contribution in [-0.4, -0.2) is 4.98 Å². The lowest BCUT2D eigenvalue weighted by molar-refractivity contribution is 0.643. The quantitative estimate of drug-likeness (QED) is 0.770. The Bertz CT molecular complexity index is 465. The highest BCUT2D eigenvalue weighted by molar-refractivity contribution is 9.10. The number of hydrogen-bond donors (Lipinski definition) is 1.